The zero-order valence-corrected chi connectivity index (χ0v) is 8.25. The number of hydrogen-bond donors (Lipinski definition) is 0. The molecule has 0 saturated heterocycles. The molecule has 1 aromatic rings. The number of ketones is 1. The summed E-state index contributed by atoms with van der Waals surface area (Å²) in [5, 5.41) is 0. The molecule has 4 heteroatoms. The number of hydrogen-bond acceptors (Lipinski definition) is 4. The SMILES string of the molecule is COc1cccnc1C1C=CN=CC1=O. The second-order valence-electron chi connectivity index (χ2n) is 3.09. The average molecular weight is 202 g/mol. The molecule has 0 radical (unpaired) electrons. The molecule has 0 aromatic carbocycles. The van der Waals surface area contributed by atoms with Crippen LogP contribution in [0.5, 0.6) is 5.75 Å². The predicted molar refractivity (Wildman–Crippen MR) is 56.2 cm³/mol. The minimum atomic E-state index is -0.376. The van der Waals surface area contributed by atoms with Crippen LogP contribution in [0.25, 0.3) is 0 Å². The molecule has 1 aliphatic rings. The van der Waals surface area contributed by atoms with Crippen molar-refractivity contribution in [3.05, 3.63) is 36.3 Å². The van der Waals surface area contributed by atoms with Gasteiger partial charge in [-0.3, -0.25) is 14.8 Å². The quantitative estimate of drug-likeness (QED) is 0.727. The number of carbonyl (C=O) groups is 1. The first-order valence-electron chi connectivity index (χ1n) is 4.55. The van der Waals surface area contributed by atoms with Gasteiger partial charge in [0.25, 0.3) is 0 Å². The largest absolute Gasteiger partial charge is 0.495 e. The van der Waals surface area contributed by atoms with E-state index in [1.807, 2.05) is 0 Å². The molecular formula is C11H10N2O2. The highest BCUT2D eigenvalue weighted by Crippen LogP contribution is 2.26. The fourth-order valence-electron chi connectivity index (χ4n) is 1.46. The van der Waals surface area contributed by atoms with Crippen LogP contribution in [0, 0.1) is 0 Å². The van der Waals surface area contributed by atoms with Crippen molar-refractivity contribution in [1.82, 2.24) is 4.98 Å². The third-order valence-electron chi connectivity index (χ3n) is 2.19. The lowest BCUT2D eigenvalue weighted by atomic mass is 9.98. The summed E-state index contributed by atoms with van der Waals surface area (Å²) in [6.45, 7) is 0. The molecule has 0 spiro atoms. The van der Waals surface area contributed by atoms with Gasteiger partial charge in [-0.15, -0.1) is 0 Å². The number of aromatic nitrogens is 1. The van der Waals surface area contributed by atoms with Crippen LogP contribution in [-0.2, 0) is 4.79 Å². The van der Waals surface area contributed by atoms with Gasteiger partial charge in [-0.1, -0.05) is 0 Å². The third kappa shape index (κ3) is 1.79. The van der Waals surface area contributed by atoms with Crippen molar-refractivity contribution in [3.8, 4) is 5.75 Å². The van der Waals surface area contributed by atoms with E-state index >= 15 is 0 Å². The molecule has 0 bridgehead atoms. The van der Waals surface area contributed by atoms with E-state index in [1.165, 1.54) is 6.21 Å². The van der Waals surface area contributed by atoms with E-state index in [1.54, 1.807) is 37.7 Å². The van der Waals surface area contributed by atoms with Crippen molar-refractivity contribution in [2.75, 3.05) is 7.11 Å². The first kappa shape index (κ1) is 9.58. The number of allylic oxidation sites excluding steroid dienone is 1. The fraction of sp³-hybridized carbons (Fsp3) is 0.182. The van der Waals surface area contributed by atoms with E-state index in [4.69, 9.17) is 4.74 Å². The molecule has 1 atom stereocenters. The van der Waals surface area contributed by atoms with Crippen LogP contribution in [0.3, 0.4) is 0 Å². The summed E-state index contributed by atoms with van der Waals surface area (Å²) in [6, 6.07) is 3.56. The molecule has 2 rings (SSSR count). The van der Waals surface area contributed by atoms with Gasteiger partial charge in [-0.05, 0) is 18.2 Å². The minimum absolute atomic E-state index is 0.0745. The highest BCUT2D eigenvalue weighted by molar-refractivity contribution is 6.31. The van der Waals surface area contributed by atoms with Crippen molar-refractivity contribution >= 4 is 12.0 Å². The van der Waals surface area contributed by atoms with Gasteiger partial charge in [0.1, 0.15) is 5.75 Å². The van der Waals surface area contributed by atoms with Crippen molar-refractivity contribution < 1.29 is 9.53 Å². The second-order valence-corrected chi connectivity index (χ2v) is 3.09. The molecule has 1 aromatic heterocycles. The number of carbonyl (C=O) groups excluding carboxylic acids is 1. The lowest BCUT2D eigenvalue weighted by molar-refractivity contribution is -0.113. The molecule has 15 heavy (non-hydrogen) atoms. The molecule has 0 fully saturated rings. The van der Waals surface area contributed by atoms with E-state index in [9.17, 15) is 4.79 Å². The molecule has 0 N–H and O–H groups in total. The summed E-state index contributed by atoms with van der Waals surface area (Å²) >= 11 is 0. The summed E-state index contributed by atoms with van der Waals surface area (Å²) in [6.07, 6.45) is 6.26. The summed E-state index contributed by atoms with van der Waals surface area (Å²) in [4.78, 5) is 19.5. The Morgan fingerprint density at radius 3 is 3.07 bits per heavy atom. The summed E-state index contributed by atoms with van der Waals surface area (Å²) in [7, 11) is 1.56. The van der Waals surface area contributed by atoms with Crippen LogP contribution in [0.1, 0.15) is 11.6 Å². The second kappa shape index (κ2) is 4.04. The molecule has 1 unspecified atom stereocenters. The van der Waals surface area contributed by atoms with Crippen LogP contribution < -0.4 is 4.74 Å². The molecule has 0 amide bonds. The van der Waals surface area contributed by atoms with E-state index in [2.05, 4.69) is 9.98 Å². The van der Waals surface area contributed by atoms with E-state index in [0.29, 0.717) is 11.4 Å². The van der Waals surface area contributed by atoms with Gasteiger partial charge in [0.2, 0.25) is 0 Å². The molecule has 4 nitrogen and oxygen atoms in total. The summed E-state index contributed by atoms with van der Waals surface area (Å²) in [5.74, 6) is 0.170. The van der Waals surface area contributed by atoms with Gasteiger partial charge >= 0.3 is 0 Å². The monoisotopic (exact) mass is 202 g/mol. The Morgan fingerprint density at radius 2 is 2.33 bits per heavy atom. The molecular weight excluding hydrogens is 192 g/mol. The van der Waals surface area contributed by atoms with Gasteiger partial charge in [0.05, 0.1) is 24.9 Å². The van der Waals surface area contributed by atoms with Gasteiger partial charge in [0, 0.05) is 12.4 Å². The maximum Gasteiger partial charge on any atom is 0.186 e. The maximum absolute atomic E-state index is 11.6. The molecule has 2 heterocycles. The fourth-order valence-corrected chi connectivity index (χ4v) is 1.46. The lowest BCUT2D eigenvalue weighted by Crippen LogP contribution is -2.15. The van der Waals surface area contributed by atoms with Crippen LogP contribution in [-0.4, -0.2) is 24.1 Å². The Kier molecular flexibility index (Phi) is 2.58. The normalized spacial score (nSPS) is 19.3. The number of rotatable bonds is 2. The maximum atomic E-state index is 11.6. The Morgan fingerprint density at radius 1 is 1.47 bits per heavy atom. The zero-order chi connectivity index (χ0) is 10.7. The molecule has 0 aliphatic carbocycles. The number of aliphatic imine (C=N–C) groups is 1. The van der Waals surface area contributed by atoms with Crippen LogP contribution in [0.15, 0.2) is 35.6 Å². The zero-order valence-electron chi connectivity index (χ0n) is 8.25. The van der Waals surface area contributed by atoms with E-state index in [-0.39, 0.29) is 11.7 Å². The average Bonchev–Trinajstić information content (AvgIpc) is 2.30. The molecule has 76 valence electrons. The smallest absolute Gasteiger partial charge is 0.186 e. The van der Waals surface area contributed by atoms with Gasteiger partial charge in [0.15, 0.2) is 5.78 Å². The Hall–Kier alpha value is -1.97. The van der Waals surface area contributed by atoms with Crippen LogP contribution in [0.2, 0.25) is 0 Å². The highest BCUT2D eigenvalue weighted by atomic mass is 16.5. The standard InChI is InChI=1S/C11H10N2O2/c1-15-10-3-2-5-13-11(10)8-4-6-12-7-9(8)14/h2-8H,1H3. The van der Waals surface area contributed by atoms with Gasteiger partial charge in [-0.25, -0.2) is 0 Å². The first-order valence-corrected chi connectivity index (χ1v) is 4.55. The number of nitrogens with zero attached hydrogens (tertiary/aromatic N) is 2. The van der Waals surface area contributed by atoms with E-state index < -0.39 is 0 Å². The molecule has 1 aliphatic heterocycles. The van der Waals surface area contributed by atoms with Crippen molar-refractivity contribution in [3.63, 3.8) is 0 Å². The lowest BCUT2D eigenvalue weighted by Gasteiger charge is -2.13. The summed E-state index contributed by atoms with van der Waals surface area (Å²) < 4.78 is 5.15. The topological polar surface area (TPSA) is 51.6 Å². The number of Topliss-reactive ketones (excluding diaryl/α,β-unsaturated/α-hetero) is 1. The van der Waals surface area contributed by atoms with Crippen LogP contribution >= 0.6 is 0 Å². The molecule has 0 saturated carbocycles. The Balaban J connectivity index is 2.41. The Bertz CT molecular complexity index is 438. The van der Waals surface area contributed by atoms with Crippen molar-refractivity contribution in [1.29, 1.82) is 0 Å². The highest BCUT2D eigenvalue weighted by Gasteiger charge is 2.22. The van der Waals surface area contributed by atoms with Gasteiger partial charge < -0.3 is 4.74 Å². The van der Waals surface area contributed by atoms with E-state index in [0.717, 1.165) is 0 Å². The van der Waals surface area contributed by atoms with Crippen LogP contribution in [0.4, 0.5) is 0 Å². The first-order chi connectivity index (χ1) is 7.33. The van der Waals surface area contributed by atoms with Gasteiger partial charge in [-0.2, -0.15) is 0 Å². The third-order valence-corrected chi connectivity index (χ3v) is 2.19. The number of pyridine rings is 1. The minimum Gasteiger partial charge on any atom is -0.495 e. The Labute approximate surface area is 87.3 Å². The predicted octanol–water partition coefficient (Wildman–Crippen LogP) is 1.34. The number of ether oxygens (including phenoxy) is 1. The summed E-state index contributed by atoms with van der Waals surface area (Å²) in [5.41, 5.74) is 0.632. The van der Waals surface area contributed by atoms with Crippen molar-refractivity contribution in [2.45, 2.75) is 5.92 Å². The van der Waals surface area contributed by atoms with Crippen molar-refractivity contribution in [2.24, 2.45) is 4.99 Å². The number of methoxy groups -OCH3 is 1.